The predicted molar refractivity (Wildman–Crippen MR) is 236 cm³/mol. The summed E-state index contributed by atoms with van der Waals surface area (Å²) in [7, 11) is 0. The average Bonchev–Trinajstić information content (AvgIpc) is 3.29. The molecule has 266 valence electrons. The fourth-order valence-electron chi connectivity index (χ4n) is 8.06. The minimum atomic E-state index is 0.936. The van der Waals surface area contributed by atoms with Gasteiger partial charge in [-0.25, -0.2) is 0 Å². The van der Waals surface area contributed by atoms with Crippen LogP contribution in [0.3, 0.4) is 0 Å². The van der Waals surface area contributed by atoms with Crippen LogP contribution in [0.2, 0.25) is 0 Å². The van der Waals surface area contributed by atoms with Crippen molar-refractivity contribution in [3.05, 3.63) is 201 Å². The van der Waals surface area contributed by atoms with Crippen molar-refractivity contribution in [1.82, 2.24) is 19.9 Å². The number of aromatic nitrogens is 4. The summed E-state index contributed by atoms with van der Waals surface area (Å²) in [6.07, 6.45) is 11.2. The quantitative estimate of drug-likeness (QED) is 0.160. The SMILES string of the molecule is c1ccc2cc(-c3ccc4c(ccc5cc(N(c6ccc(-c7cnc8ccncc8c7)cc6)c6ccc(-c7cnc8ccncc8c7)cc6)ccc54)c3)ccc2c1. The molecule has 4 aromatic heterocycles. The van der Waals surface area contributed by atoms with E-state index in [9.17, 15) is 0 Å². The molecular formula is C52H33N5. The molecule has 0 aliphatic carbocycles. The average molecular weight is 728 g/mol. The number of benzene rings is 7. The Balaban J connectivity index is 0.981. The highest BCUT2D eigenvalue weighted by molar-refractivity contribution is 6.09. The normalized spacial score (nSPS) is 11.5. The highest BCUT2D eigenvalue weighted by Gasteiger charge is 2.16. The Labute approximate surface area is 329 Å². The Morgan fingerprint density at radius 1 is 0.298 bits per heavy atom. The van der Waals surface area contributed by atoms with E-state index in [1.165, 1.54) is 43.4 Å². The Morgan fingerprint density at radius 2 is 0.754 bits per heavy atom. The first-order valence-corrected chi connectivity index (χ1v) is 19.1. The van der Waals surface area contributed by atoms with Gasteiger partial charge in [0.25, 0.3) is 0 Å². The van der Waals surface area contributed by atoms with Gasteiger partial charge in [0, 0.05) is 76.1 Å². The summed E-state index contributed by atoms with van der Waals surface area (Å²) >= 11 is 0. The molecule has 5 nitrogen and oxygen atoms in total. The molecule has 11 rings (SSSR count). The number of hydrogen-bond donors (Lipinski definition) is 0. The van der Waals surface area contributed by atoms with Crippen LogP contribution in [-0.4, -0.2) is 19.9 Å². The molecule has 4 heterocycles. The summed E-state index contributed by atoms with van der Waals surface area (Å²) in [6.45, 7) is 0. The fraction of sp³-hybridized carbons (Fsp3) is 0. The van der Waals surface area contributed by atoms with Crippen LogP contribution >= 0.6 is 0 Å². The number of fused-ring (bicyclic) bond motifs is 6. The molecule has 11 aromatic rings. The van der Waals surface area contributed by atoms with Gasteiger partial charge in [0.05, 0.1) is 11.0 Å². The van der Waals surface area contributed by atoms with Crippen LogP contribution in [0.25, 0.3) is 87.5 Å². The molecule has 0 aliphatic rings. The molecule has 0 radical (unpaired) electrons. The van der Waals surface area contributed by atoms with E-state index in [4.69, 9.17) is 0 Å². The lowest BCUT2D eigenvalue weighted by Crippen LogP contribution is -2.09. The number of nitrogens with zero attached hydrogens (tertiary/aromatic N) is 5. The van der Waals surface area contributed by atoms with E-state index >= 15 is 0 Å². The fourth-order valence-corrected chi connectivity index (χ4v) is 8.06. The molecule has 0 unspecified atom stereocenters. The van der Waals surface area contributed by atoms with Gasteiger partial charge in [-0.2, -0.15) is 0 Å². The van der Waals surface area contributed by atoms with Crippen molar-refractivity contribution < 1.29 is 0 Å². The molecule has 0 fully saturated rings. The molecule has 0 saturated heterocycles. The van der Waals surface area contributed by atoms with Gasteiger partial charge < -0.3 is 4.90 Å². The Hall–Kier alpha value is -7.76. The lowest BCUT2D eigenvalue weighted by Gasteiger charge is -2.26. The number of anilines is 3. The zero-order valence-corrected chi connectivity index (χ0v) is 30.8. The summed E-state index contributed by atoms with van der Waals surface area (Å²) in [5.41, 5.74) is 11.8. The van der Waals surface area contributed by atoms with Crippen molar-refractivity contribution in [2.24, 2.45) is 0 Å². The van der Waals surface area contributed by atoms with Gasteiger partial charge in [-0.05, 0) is 127 Å². The van der Waals surface area contributed by atoms with Gasteiger partial charge in [0.2, 0.25) is 0 Å². The minimum Gasteiger partial charge on any atom is -0.310 e. The first kappa shape index (κ1) is 32.7. The molecule has 7 aromatic carbocycles. The Morgan fingerprint density at radius 3 is 1.37 bits per heavy atom. The minimum absolute atomic E-state index is 0.936. The van der Waals surface area contributed by atoms with Gasteiger partial charge in [-0.3, -0.25) is 19.9 Å². The van der Waals surface area contributed by atoms with Crippen molar-refractivity contribution in [2.45, 2.75) is 0 Å². The Kier molecular flexibility index (Phi) is 7.74. The summed E-state index contributed by atoms with van der Waals surface area (Å²) in [4.78, 5) is 20.3. The lowest BCUT2D eigenvalue weighted by molar-refractivity contribution is 1.29. The second kappa shape index (κ2) is 13.5. The molecule has 0 aliphatic heterocycles. The molecule has 0 saturated carbocycles. The predicted octanol–water partition coefficient (Wildman–Crippen LogP) is 13.5. The first-order valence-electron chi connectivity index (χ1n) is 19.1. The summed E-state index contributed by atoms with van der Waals surface area (Å²) in [6, 6.07) is 59.0. The van der Waals surface area contributed by atoms with Crippen molar-refractivity contribution in [1.29, 1.82) is 0 Å². The number of pyridine rings is 4. The van der Waals surface area contributed by atoms with Gasteiger partial charge in [0.1, 0.15) is 0 Å². The summed E-state index contributed by atoms with van der Waals surface area (Å²) in [5.74, 6) is 0. The van der Waals surface area contributed by atoms with Crippen LogP contribution in [0.5, 0.6) is 0 Å². The molecule has 0 atom stereocenters. The molecule has 0 bridgehead atoms. The van der Waals surface area contributed by atoms with E-state index in [1.54, 1.807) is 12.4 Å². The molecule has 57 heavy (non-hydrogen) atoms. The van der Waals surface area contributed by atoms with Crippen molar-refractivity contribution >= 4 is 71.2 Å². The second-order valence-electron chi connectivity index (χ2n) is 14.5. The molecule has 5 heteroatoms. The third kappa shape index (κ3) is 5.99. The maximum atomic E-state index is 4.68. The van der Waals surface area contributed by atoms with Gasteiger partial charge in [0.15, 0.2) is 0 Å². The standard InChI is InChI=1S/C52H33N5/c1-2-4-37-25-38(6-5-34(37)3-1)39-13-19-49-40(26-39)7-8-41-29-48(18-20-50(41)49)57(46-14-9-35(10-15-46)42-27-44-30-53-23-21-51(44)55-32-42)47-16-11-36(12-17-47)43-28-45-31-54-24-22-52(45)56-33-43/h1-33H. The topological polar surface area (TPSA) is 54.8 Å². The van der Waals surface area contributed by atoms with E-state index in [1.807, 2.05) is 36.9 Å². The van der Waals surface area contributed by atoms with Gasteiger partial charge in [-0.1, -0.05) is 91.0 Å². The van der Waals surface area contributed by atoms with Crippen molar-refractivity contribution in [3.63, 3.8) is 0 Å². The molecule has 0 amide bonds. The van der Waals surface area contributed by atoms with E-state index in [0.717, 1.165) is 61.1 Å². The largest absolute Gasteiger partial charge is 0.310 e. The maximum Gasteiger partial charge on any atom is 0.0733 e. The van der Waals surface area contributed by atoms with E-state index < -0.39 is 0 Å². The van der Waals surface area contributed by atoms with E-state index in [0.29, 0.717) is 0 Å². The number of rotatable bonds is 6. The van der Waals surface area contributed by atoms with Crippen LogP contribution in [0.1, 0.15) is 0 Å². The third-order valence-electron chi connectivity index (χ3n) is 11.0. The highest BCUT2D eigenvalue weighted by atomic mass is 15.1. The Bertz CT molecular complexity index is 3180. The zero-order chi connectivity index (χ0) is 37.7. The molecule has 0 spiro atoms. The van der Waals surface area contributed by atoms with Crippen LogP contribution in [-0.2, 0) is 0 Å². The summed E-state index contributed by atoms with van der Waals surface area (Å²) in [5, 5.41) is 9.42. The lowest BCUT2D eigenvalue weighted by atomic mass is 9.96. The van der Waals surface area contributed by atoms with Gasteiger partial charge >= 0.3 is 0 Å². The highest BCUT2D eigenvalue weighted by Crippen LogP contribution is 2.40. The third-order valence-corrected chi connectivity index (χ3v) is 11.0. The van der Waals surface area contributed by atoms with Crippen LogP contribution < -0.4 is 4.90 Å². The second-order valence-corrected chi connectivity index (χ2v) is 14.5. The monoisotopic (exact) mass is 727 g/mol. The first-order chi connectivity index (χ1) is 28.2. The van der Waals surface area contributed by atoms with Crippen LogP contribution in [0, 0.1) is 0 Å². The van der Waals surface area contributed by atoms with Crippen LogP contribution in [0.4, 0.5) is 17.1 Å². The van der Waals surface area contributed by atoms with Crippen LogP contribution in [0.15, 0.2) is 201 Å². The number of hydrogen-bond acceptors (Lipinski definition) is 5. The smallest absolute Gasteiger partial charge is 0.0733 e. The van der Waals surface area contributed by atoms with Crippen molar-refractivity contribution in [3.8, 4) is 33.4 Å². The summed E-state index contributed by atoms with van der Waals surface area (Å²) < 4.78 is 0. The van der Waals surface area contributed by atoms with E-state index in [-0.39, 0.29) is 0 Å². The van der Waals surface area contributed by atoms with Crippen molar-refractivity contribution in [2.75, 3.05) is 4.90 Å². The van der Waals surface area contributed by atoms with Gasteiger partial charge in [-0.15, -0.1) is 0 Å². The zero-order valence-electron chi connectivity index (χ0n) is 30.8. The van der Waals surface area contributed by atoms with E-state index in [2.05, 4.69) is 176 Å². The maximum absolute atomic E-state index is 4.68. The molecular weight excluding hydrogens is 695 g/mol. The molecule has 0 N–H and O–H groups in total.